The maximum Gasteiger partial charge on any atom is 0.224 e. The number of carbonyl (C=O) groups is 1. The second kappa shape index (κ2) is 6.91. The molecular weight excluding hydrogens is 300 g/mol. The van der Waals surface area contributed by atoms with E-state index in [9.17, 15) is 4.79 Å². The van der Waals surface area contributed by atoms with Gasteiger partial charge in [-0.3, -0.25) is 4.79 Å². The molecule has 2 saturated heterocycles. The van der Waals surface area contributed by atoms with E-state index in [4.69, 9.17) is 4.74 Å². The number of nitrogens with one attached hydrogen (secondary N) is 1. The van der Waals surface area contributed by atoms with Gasteiger partial charge in [-0.25, -0.2) is 0 Å². The molecule has 4 heteroatoms. The fourth-order valence-electron chi connectivity index (χ4n) is 3.87. The summed E-state index contributed by atoms with van der Waals surface area (Å²) in [6.45, 7) is 3.17. The van der Waals surface area contributed by atoms with Crippen molar-refractivity contribution >= 4 is 16.7 Å². The Kier molecular flexibility index (Phi) is 4.50. The molecule has 0 aliphatic carbocycles. The number of hydrogen-bond donors (Lipinski definition) is 1. The second-order valence-electron chi connectivity index (χ2n) is 6.87. The molecule has 2 aromatic carbocycles. The lowest BCUT2D eigenvalue weighted by Crippen LogP contribution is -2.42. The average Bonchev–Trinajstić information content (AvgIpc) is 2.95. The summed E-state index contributed by atoms with van der Waals surface area (Å²) < 4.78 is 5.41. The van der Waals surface area contributed by atoms with E-state index in [1.54, 1.807) is 0 Å². The van der Waals surface area contributed by atoms with Gasteiger partial charge < -0.3 is 15.0 Å². The second-order valence-corrected chi connectivity index (χ2v) is 6.87. The molecule has 4 rings (SSSR count). The number of ether oxygens (including phenoxy) is 1. The van der Waals surface area contributed by atoms with Crippen molar-refractivity contribution in [2.24, 2.45) is 0 Å². The van der Waals surface area contributed by atoms with Crippen LogP contribution in [0.3, 0.4) is 0 Å². The minimum absolute atomic E-state index is 0.257. The minimum atomic E-state index is 0.257. The molecule has 1 amide bonds. The molecule has 1 N–H and O–H groups in total. The van der Waals surface area contributed by atoms with Crippen LogP contribution in [0.15, 0.2) is 42.5 Å². The molecule has 2 aliphatic rings. The number of rotatable bonds is 4. The lowest BCUT2D eigenvalue weighted by Gasteiger charge is -2.26. The Labute approximate surface area is 142 Å². The molecule has 0 bridgehead atoms. The first-order valence-corrected chi connectivity index (χ1v) is 8.88. The van der Waals surface area contributed by atoms with E-state index in [0.29, 0.717) is 19.0 Å². The standard InChI is InChI=1S/C20H24N2O2/c23-20-12-18(21-17-8-10-24-11-9-17)14-22(20)13-16-6-3-5-15-4-1-2-7-19(15)16/h1-7,17-18,21H,8-14H2. The maximum absolute atomic E-state index is 12.4. The third-order valence-corrected chi connectivity index (χ3v) is 5.15. The highest BCUT2D eigenvalue weighted by Crippen LogP contribution is 2.23. The van der Waals surface area contributed by atoms with Crippen LogP contribution < -0.4 is 5.32 Å². The Hall–Kier alpha value is -1.91. The zero-order chi connectivity index (χ0) is 16.4. The molecule has 2 heterocycles. The summed E-state index contributed by atoms with van der Waals surface area (Å²) in [4.78, 5) is 14.4. The first-order chi connectivity index (χ1) is 11.8. The molecule has 1 atom stereocenters. The van der Waals surface area contributed by atoms with Gasteiger partial charge in [0.25, 0.3) is 0 Å². The minimum Gasteiger partial charge on any atom is -0.381 e. The number of hydrogen-bond acceptors (Lipinski definition) is 3. The van der Waals surface area contributed by atoms with Crippen molar-refractivity contribution in [3.8, 4) is 0 Å². The molecule has 2 aromatic rings. The van der Waals surface area contributed by atoms with E-state index in [2.05, 4.69) is 47.8 Å². The quantitative estimate of drug-likeness (QED) is 0.940. The monoisotopic (exact) mass is 324 g/mol. The molecule has 2 fully saturated rings. The first kappa shape index (κ1) is 15.6. The molecule has 0 spiro atoms. The van der Waals surface area contributed by atoms with Gasteiger partial charge in [-0.2, -0.15) is 0 Å². The maximum atomic E-state index is 12.4. The number of amides is 1. The van der Waals surface area contributed by atoms with Gasteiger partial charge in [0.05, 0.1) is 0 Å². The van der Waals surface area contributed by atoms with E-state index in [1.165, 1.54) is 16.3 Å². The number of likely N-dealkylation sites (tertiary alicyclic amines) is 1. The molecule has 2 aliphatic heterocycles. The lowest BCUT2D eigenvalue weighted by atomic mass is 10.0. The Morgan fingerprint density at radius 3 is 2.71 bits per heavy atom. The van der Waals surface area contributed by atoms with E-state index >= 15 is 0 Å². The van der Waals surface area contributed by atoms with Crippen LogP contribution >= 0.6 is 0 Å². The summed E-state index contributed by atoms with van der Waals surface area (Å²) in [5, 5.41) is 6.14. The smallest absolute Gasteiger partial charge is 0.224 e. The molecule has 0 saturated carbocycles. The Morgan fingerprint density at radius 1 is 1.04 bits per heavy atom. The summed E-state index contributed by atoms with van der Waals surface area (Å²) >= 11 is 0. The lowest BCUT2D eigenvalue weighted by molar-refractivity contribution is -0.128. The third-order valence-electron chi connectivity index (χ3n) is 5.15. The molecule has 126 valence electrons. The van der Waals surface area contributed by atoms with Crippen molar-refractivity contribution in [2.45, 2.75) is 37.9 Å². The van der Waals surface area contributed by atoms with Crippen LogP contribution in [0.25, 0.3) is 10.8 Å². The Bertz CT molecular complexity index is 719. The van der Waals surface area contributed by atoms with Crippen LogP contribution in [0, 0.1) is 0 Å². The molecule has 1 unspecified atom stereocenters. The van der Waals surface area contributed by atoms with E-state index < -0.39 is 0 Å². The SMILES string of the molecule is O=C1CC(NC2CCOCC2)CN1Cc1cccc2ccccc12. The summed E-state index contributed by atoms with van der Waals surface area (Å²) in [5.74, 6) is 0.257. The van der Waals surface area contributed by atoms with Crippen LogP contribution in [0.5, 0.6) is 0 Å². The Balaban J connectivity index is 1.43. The van der Waals surface area contributed by atoms with Gasteiger partial charge in [-0.1, -0.05) is 42.5 Å². The normalized spacial score (nSPS) is 22.4. The van der Waals surface area contributed by atoms with Crippen LogP contribution in [0.2, 0.25) is 0 Å². The zero-order valence-electron chi connectivity index (χ0n) is 13.9. The van der Waals surface area contributed by atoms with Crippen molar-refractivity contribution < 1.29 is 9.53 Å². The van der Waals surface area contributed by atoms with Gasteiger partial charge in [0.1, 0.15) is 0 Å². The van der Waals surface area contributed by atoms with Gasteiger partial charge in [0, 0.05) is 44.8 Å². The average molecular weight is 324 g/mol. The molecular formula is C20H24N2O2. The predicted molar refractivity (Wildman–Crippen MR) is 94.7 cm³/mol. The fourth-order valence-corrected chi connectivity index (χ4v) is 3.87. The van der Waals surface area contributed by atoms with Gasteiger partial charge in [-0.05, 0) is 29.2 Å². The largest absolute Gasteiger partial charge is 0.381 e. The molecule has 4 nitrogen and oxygen atoms in total. The van der Waals surface area contributed by atoms with Crippen LogP contribution in [-0.2, 0) is 16.1 Å². The Morgan fingerprint density at radius 2 is 1.83 bits per heavy atom. The van der Waals surface area contributed by atoms with Crippen LogP contribution in [0.4, 0.5) is 0 Å². The third kappa shape index (κ3) is 3.30. The highest BCUT2D eigenvalue weighted by molar-refractivity contribution is 5.86. The van der Waals surface area contributed by atoms with E-state index in [1.807, 2.05) is 4.90 Å². The van der Waals surface area contributed by atoms with Crippen molar-refractivity contribution in [2.75, 3.05) is 19.8 Å². The number of carbonyl (C=O) groups excluding carboxylic acids is 1. The zero-order valence-corrected chi connectivity index (χ0v) is 13.9. The van der Waals surface area contributed by atoms with Gasteiger partial charge >= 0.3 is 0 Å². The van der Waals surface area contributed by atoms with Crippen molar-refractivity contribution in [3.05, 3.63) is 48.0 Å². The summed E-state index contributed by atoms with van der Waals surface area (Å²) in [6.07, 6.45) is 2.71. The number of fused-ring (bicyclic) bond motifs is 1. The molecule has 24 heavy (non-hydrogen) atoms. The molecule has 0 radical (unpaired) electrons. The first-order valence-electron chi connectivity index (χ1n) is 8.88. The van der Waals surface area contributed by atoms with Gasteiger partial charge in [-0.15, -0.1) is 0 Å². The van der Waals surface area contributed by atoms with E-state index in [-0.39, 0.29) is 11.9 Å². The van der Waals surface area contributed by atoms with Gasteiger partial charge in [0.15, 0.2) is 0 Å². The van der Waals surface area contributed by atoms with Crippen LogP contribution in [0.1, 0.15) is 24.8 Å². The summed E-state index contributed by atoms with van der Waals surface area (Å²) in [5.41, 5.74) is 1.23. The summed E-state index contributed by atoms with van der Waals surface area (Å²) in [7, 11) is 0. The predicted octanol–water partition coefficient (Wildman–Crippen LogP) is 2.71. The van der Waals surface area contributed by atoms with Crippen molar-refractivity contribution in [1.82, 2.24) is 10.2 Å². The topological polar surface area (TPSA) is 41.6 Å². The van der Waals surface area contributed by atoms with Crippen LogP contribution in [-0.4, -0.2) is 42.6 Å². The highest BCUT2D eigenvalue weighted by atomic mass is 16.5. The fraction of sp³-hybridized carbons (Fsp3) is 0.450. The van der Waals surface area contributed by atoms with Crippen molar-refractivity contribution in [3.63, 3.8) is 0 Å². The number of benzene rings is 2. The van der Waals surface area contributed by atoms with Crippen molar-refractivity contribution in [1.29, 1.82) is 0 Å². The number of nitrogens with zero attached hydrogens (tertiary/aromatic N) is 1. The van der Waals surface area contributed by atoms with Gasteiger partial charge in [0.2, 0.25) is 5.91 Å². The summed E-state index contributed by atoms with van der Waals surface area (Å²) in [6, 6.07) is 15.5. The van der Waals surface area contributed by atoms with E-state index in [0.717, 1.165) is 32.6 Å². The highest BCUT2D eigenvalue weighted by Gasteiger charge is 2.31. The molecule has 0 aromatic heterocycles.